The van der Waals surface area contributed by atoms with Crippen LogP contribution >= 0.6 is 0 Å². The van der Waals surface area contributed by atoms with Gasteiger partial charge in [0, 0.05) is 6.20 Å². The van der Waals surface area contributed by atoms with Gasteiger partial charge in [0.2, 0.25) is 0 Å². The molecular weight excluding hydrogens is 384 g/mol. The van der Waals surface area contributed by atoms with Gasteiger partial charge in [-0.05, 0) is 62.1 Å². The van der Waals surface area contributed by atoms with Crippen LogP contribution < -0.4 is 9.46 Å². The summed E-state index contributed by atoms with van der Waals surface area (Å²) in [7, 11) is -2.59. The number of nitrogens with zero attached hydrogens (tertiary/aromatic N) is 1. The molecule has 0 bridgehead atoms. The van der Waals surface area contributed by atoms with E-state index in [2.05, 4.69) is 4.98 Å². The molecule has 0 saturated heterocycles. The van der Waals surface area contributed by atoms with Gasteiger partial charge in [-0.3, -0.25) is 4.79 Å². The minimum absolute atomic E-state index is 0.00880. The summed E-state index contributed by atoms with van der Waals surface area (Å²) in [6, 6.07) is 8.28. The third-order valence-corrected chi connectivity index (χ3v) is 5.75. The Labute approximate surface area is 162 Å². The van der Waals surface area contributed by atoms with E-state index < -0.39 is 21.9 Å². The van der Waals surface area contributed by atoms with Crippen molar-refractivity contribution in [2.45, 2.75) is 36.7 Å². The van der Waals surface area contributed by atoms with Crippen LogP contribution in [0.1, 0.15) is 46.5 Å². The summed E-state index contributed by atoms with van der Waals surface area (Å²) < 4.78 is 36.9. The highest BCUT2D eigenvalue weighted by Crippen LogP contribution is 2.22. The quantitative estimate of drug-likeness (QED) is 0.735. The molecular formula is C19H20N2O6S. The molecule has 1 amide bonds. The first kappa shape index (κ1) is 19.8. The van der Waals surface area contributed by atoms with E-state index in [9.17, 15) is 18.0 Å². The summed E-state index contributed by atoms with van der Waals surface area (Å²) in [6.07, 6.45) is 4.81. The topological polar surface area (TPSA) is 112 Å². The van der Waals surface area contributed by atoms with Gasteiger partial charge < -0.3 is 9.47 Å². The highest BCUT2D eigenvalue weighted by Gasteiger charge is 2.22. The summed E-state index contributed by atoms with van der Waals surface area (Å²) in [5, 5.41) is 0. The second kappa shape index (κ2) is 8.39. The Balaban J connectivity index is 1.65. The Bertz CT molecular complexity index is 949. The zero-order valence-corrected chi connectivity index (χ0v) is 16.1. The first-order valence-electron chi connectivity index (χ1n) is 8.77. The Hall–Kier alpha value is -2.94. The number of nitrogens with one attached hydrogen (secondary N) is 1. The maximum Gasteiger partial charge on any atom is 0.357 e. The molecule has 1 aliphatic carbocycles. The number of aromatic nitrogens is 1. The van der Waals surface area contributed by atoms with E-state index in [1.54, 1.807) is 0 Å². The molecule has 1 aromatic carbocycles. The van der Waals surface area contributed by atoms with Crippen molar-refractivity contribution < 1.29 is 27.5 Å². The molecule has 1 saturated carbocycles. The molecule has 148 valence electrons. The van der Waals surface area contributed by atoms with Crippen LogP contribution in [0.15, 0.2) is 47.5 Å². The number of carbonyl (C=O) groups excluding carboxylic acids is 2. The predicted molar refractivity (Wildman–Crippen MR) is 99.6 cm³/mol. The van der Waals surface area contributed by atoms with Crippen molar-refractivity contribution in [3.05, 3.63) is 53.9 Å². The number of amides is 1. The van der Waals surface area contributed by atoms with Crippen molar-refractivity contribution >= 4 is 21.9 Å². The molecule has 1 heterocycles. The van der Waals surface area contributed by atoms with Gasteiger partial charge in [-0.15, -0.1) is 0 Å². The molecule has 0 atom stereocenters. The Morgan fingerprint density at radius 3 is 2.32 bits per heavy atom. The summed E-state index contributed by atoms with van der Waals surface area (Å²) in [6.45, 7) is 0. The van der Waals surface area contributed by atoms with Gasteiger partial charge in [0.25, 0.3) is 15.9 Å². The first-order valence-corrected chi connectivity index (χ1v) is 10.3. The van der Waals surface area contributed by atoms with Gasteiger partial charge in [-0.2, -0.15) is 0 Å². The van der Waals surface area contributed by atoms with Crippen molar-refractivity contribution in [2.24, 2.45) is 0 Å². The molecule has 0 aliphatic heterocycles. The number of methoxy groups -OCH3 is 1. The molecule has 1 fully saturated rings. The number of hydrogen-bond acceptors (Lipinski definition) is 7. The van der Waals surface area contributed by atoms with Crippen molar-refractivity contribution in [3.63, 3.8) is 0 Å². The molecule has 0 unspecified atom stereocenters. The van der Waals surface area contributed by atoms with E-state index in [1.807, 2.05) is 4.72 Å². The van der Waals surface area contributed by atoms with Gasteiger partial charge in [-0.1, -0.05) is 0 Å². The van der Waals surface area contributed by atoms with Crippen molar-refractivity contribution in [3.8, 4) is 5.75 Å². The summed E-state index contributed by atoms with van der Waals surface area (Å²) >= 11 is 0. The lowest BCUT2D eigenvalue weighted by atomic mass is 10.2. The highest BCUT2D eigenvalue weighted by molar-refractivity contribution is 7.90. The molecule has 3 rings (SSSR count). The third-order valence-electron chi connectivity index (χ3n) is 4.41. The molecule has 0 spiro atoms. The van der Waals surface area contributed by atoms with E-state index >= 15 is 0 Å². The van der Waals surface area contributed by atoms with Gasteiger partial charge in [0.15, 0.2) is 0 Å². The molecule has 2 aromatic rings. The number of sulfonamides is 1. The zero-order valence-electron chi connectivity index (χ0n) is 15.3. The fourth-order valence-electron chi connectivity index (χ4n) is 2.86. The summed E-state index contributed by atoms with van der Waals surface area (Å²) in [4.78, 5) is 28.1. The smallest absolute Gasteiger partial charge is 0.357 e. The van der Waals surface area contributed by atoms with E-state index in [0.717, 1.165) is 31.9 Å². The molecule has 1 N–H and O–H groups in total. The van der Waals surface area contributed by atoms with Gasteiger partial charge >= 0.3 is 5.97 Å². The van der Waals surface area contributed by atoms with Crippen molar-refractivity contribution in [1.82, 2.24) is 9.71 Å². The second-order valence-electron chi connectivity index (χ2n) is 6.35. The van der Waals surface area contributed by atoms with E-state index in [-0.39, 0.29) is 22.3 Å². The van der Waals surface area contributed by atoms with Crippen LogP contribution in [0.3, 0.4) is 0 Å². The minimum Gasteiger partial charge on any atom is -0.497 e. The number of carbonyl (C=O) groups is 2. The van der Waals surface area contributed by atoms with E-state index in [1.165, 1.54) is 43.5 Å². The van der Waals surface area contributed by atoms with Crippen LogP contribution in [-0.2, 0) is 14.8 Å². The van der Waals surface area contributed by atoms with Gasteiger partial charge in [0.05, 0.1) is 17.6 Å². The third kappa shape index (κ3) is 4.66. The van der Waals surface area contributed by atoms with Crippen molar-refractivity contribution in [2.75, 3.05) is 7.11 Å². The van der Waals surface area contributed by atoms with Crippen LogP contribution in [-0.4, -0.2) is 38.5 Å². The lowest BCUT2D eigenvalue weighted by Gasteiger charge is -2.11. The summed E-state index contributed by atoms with van der Waals surface area (Å²) in [5.41, 5.74) is 0.0796. The minimum atomic E-state index is -4.05. The number of pyridine rings is 1. The van der Waals surface area contributed by atoms with Crippen molar-refractivity contribution in [1.29, 1.82) is 0 Å². The molecule has 8 nitrogen and oxygen atoms in total. The first-order chi connectivity index (χ1) is 13.4. The Kier molecular flexibility index (Phi) is 5.93. The maximum absolute atomic E-state index is 12.3. The van der Waals surface area contributed by atoms with Crippen LogP contribution in [0, 0.1) is 0 Å². The van der Waals surface area contributed by atoms with Crippen LogP contribution in [0.4, 0.5) is 0 Å². The highest BCUT2D eigenvalue weighted by atomic mass is 32.2. The standard InChI is InChI=1S/C19H20N2O6S/c1-26-14-7-9-16(10-8-14)28(24,25)21-18(22)13-6-11-17(20-12-13)19(23)27-15-4-2-3-5-15/h6-12,15H,2-5H2,1H3,(H,21,22). The fraction of sp³-hybridized carbons (Fsp3) is 0.316. The molecule has 28 heavy (non-hydrogen) atoms. The second-order valence-corrected chi connectivity index (χ2v) is 8.04. The lowest BCUT2D eigenvalue weighted by Crippen LogP contribution is -2.30. The number of ether oxygens (including phenoxy) is 2. The SMILES string of the molecule is COc1ccc(S(=O)(=O)NC(=O)c2ccc(C(=O)OC3CCCC3)nc2)cc1. The largest absolute Gasteiger partial charge is 0.497 e. The molecule has 9 heteroatoms. The van der Waals surface area contributed by atoms with Crippen LogP contribution in [0.25, 0.3) is 0 Å². The summed E-state index contributed by atoms with van der Waals surface area (Å²) in [5.74, 6) is -0.904. The monoisotopic (exact) mass is 404 g/mol. The van der Waals surface area contributed by atoms with Crippen LogP contribution in [0.2, 0.25) is 0 Å². The van der Waals surface area contributed by atoms with Gasteiger partial charge in [0.1, 0.15) is 17.5 Å². The van der Waals surface area contributed by atoms with E-state index in [0.29, 0.717) is 5.75 Å². The normalized spacial score (nSPS) is 14.5. The lowest BCUT2D eigenvalue weighted by molar-refractivity contribution is 0.0310. The number of rotatable bonds is 6. The average Bonchev–Trinajstić information content (AvgIpc) is 3.21. The molecule has 0 radical (unpaired) electrons. The average molecular weight is 404 g/mol. The fourth-order valence-corrected chi connectivity index (χ4v) is 3.84. The Morgan fingerprint density at radius 1 is 1.07 bits per heavy atom. The molecule has 1 aliphatic rings. The zero-order chi connectivity index (χ0) is 20.1. The number of benzene rings is 1. The Morgan fingerprint density at radius 2 is 1.75 bits per heavy atom. The van der Waals surface area contributed by atoms with Crippen LogP contribution in [0.5, 0.6) is 5.75 Å². The van der Waals surface area contributed by atoms with E-state index in [4.69, 9.17) is 9.47 Å². The predicted octanol–water partition coefficient (Wildman–Crippen LogP) is 2.31. The number of esters is 1. The number of hydrogen-bond donors (Lipinski definition) is 1. The van der Waals surface area contributed by atoms with Gasteiger partial charge in [-0.25, -0.2) is 22.9 Å². The maximum atomic E-state index is 12.3. The molecule has 1 aromatic heterocycles.